The molecule has 0 radical (unpaired) electrons. The Bertz CT molecular complexity index is 610. The van der Waals surface area contributed by atoms with E-state index in [0.29, 0.717) is 12.6 Å². The molecule has 4 nitrogen and oxygen atoms in total. The van der Waals surface area contributed by atoms with Crippen molar-refractivity contribution in [2.45, 2.75) is 33.4 Å². The Morgan fingerprint density at radius 3 is 2.81 bits per heavy atom. The number of rotatable bonds is 6. The van der Waals surface area contributed by atoms with Gasteiger partial charge in [-0.25, -0.2) is 0 Å². The number of nitrogens with one attached hydrogen (secondary N) is 1. The summed E-state index contributed by atoms with van der Waals surface area (Å²) in [6, 6.07) is 8.54. The highest BCUT2D eigenvalue weighted by atomic mass is 79.9. The monoisotopic (exact) mass is 351 g/mol. The second-order valence-corrected chi connectivity index (χ2v) is 5.90. The molecule has 1 unspecified atom stereocenters. The minimum atomic E-state index is 0.323. The first-order chi connectivity index (χ1) is 10.0. The van der Waals surface area contributed by atoms with E-state index in [-0.39, 0.29) is 0 Å². The van der Waals surface area contributed by atoms with E-state index in [0.717, 1.165) is 28.2 Å². The lowest BCUT2D eigenvalue weighted by Crippen LogP contribution is -2.17. The summed E-state index contributed by atoms with van der Waals surface area (Å²) in [5.74, 6) is 0.878. The van der Waals surface area contributed by atoms with Crippen molar-refractivity contribution < 1.29 is 4.74 Å². The van der Waals surface area contributed by atoms with Crippen molar-refractivity contribution in [2.75, 3.05) is 6.54 Å². The molecule has 1 atom stereocenters. The molecule has 0 aliphatic carbocycles. The summed E-state index contributed by atoms with van der Waals surface area (Å²) in [7, 11) is 1.93. The summed E-state index contributed by atoms with van der Waals surface area (Å²) in [6.45, 7) is 7.69. The number of hydrogen-bond donors (Lipinski definition) is 1. The van der Waals surface area contributed by atoms with Crippen molar-refractivity contribution in [3.8, 4) is 5.75 Å². The van der Waals surface area contributed by atoms with Gasteiger partial charge in [0.25, 0.3) is 0 Å². The van der Waals surface area contributed by atoms with Gasteiger partial charge in [0.05, 0.1) is 15.9 Å². The Kier molecular flexibility index (Phi) is 5.42. The zero-order valence-electron chi connectivity index (χ0n) is 13.0. The van der Waals surface area contributed by atoms with Crippen LogP contribution in [0.5, 0.6) is 5.75 Å². The van der Waals surface area contributed by atoms with E-state index in [2.05, 4.69) is 52.3 Å². The molecule has 0 saturated heterocycles. The van der Waals surface area contributed by atoms with Crippen LogP contribution in [0.15, 0.2) is 28.7 Å². The third kappa shape index (κ3) is 3.86. The SMILES string of the molecule is CCNC(C)c1cccc(OCc2c(Br)c(C)nn2C)c1. The molecule has 1 N–H and O–H groups in total. The molecule has 0 bridgehead atoms. The van der Waals surface area contributed by atoms with Gasteiger partial charge in [-0.05, 0) is 54.0 Å². The third-order valence-corrected chi connectivity index (χ3v) is 4.54. The Balaban J connectivity index is 2.08. The standard InChI is InChI=1S/C16H22BrN3O/c1-5-18-11(2)13-7-6-8-14(9-13)21-10-15-16(17)12(3)19-20(15)4/h6-9,11,18H,5,10H2,1-4H3. The summed E-state index contributed by atoms with van der Waals surface area (Å²) in [5, 5.41) is 7.78. The molecular formula is C16H22BrN3O. The second-order valence-electron chi connectivity index (χ2n) is 5.11. The molecule has 0 amide bonds. The number of aryl methyl sites for hydroxylation is 2. The van der Waals surface area contributed by atoms with Crippen LogP contribution in [0.4, 0.5) is 0 Å². The maximum atomic E-state index is 5.92. The lowest BCUT2D eigenvalue weighted by atomic mass is 10.1. The molecule has 21 heavy (non-hydrogen) atoms. The van der Waals surface area contributed by atoms with Gasteiger partial charge in [-0.2, -0.15) is 5.10 Å². The Morgan fingerprint density at radius 2 is 2.19 bits per heavy atom. The van der Waals surface area contributed by atoms with Crippen LogP contribution in [0.3, 0.4) is 0 Å². The van der Waals surface area contributed by atoms with Gasteiger partial charge in [0.15, 0.2) is 0 Å². The quantitative estimate of drug-likeness (QED) is 0.861. The summed E-state index contributed by atoms with van der Waals surface area (Å²) in [6.07, 6.45) is 0. The number of halogens is 1. The number of hydrogen-bond acceptors (Lipinski definition) is 3. The fourth-order valence-corrected chi connectivity index (χ4v) is 2.74. The van der Waals surface area contributed by atoms with Gasteiger partial charge in [-0.15, -0.1) is 0 Å². The molecule has 114 valence electrons. The van der Waals surface area contributed by atoms with Gasteiger partial charge >= 0.3 is 0 Å². The van der Waals surface area contributed by atoms with Crippen LogP contribution in [-0.4, -0.2) is 16.3 Å². The second kappa shape index (κ2) is 7.09. The van der Waals surface area contributed by atoms with Gasteiger partial charge in [0, 0.05) is 13.1 Å². The number of aromatic nitrogens is 2. The Labute approximate surface area is 134 Å². The first kappa shape index (κ1) is 16.0. The fraction of sp³-hybridized carbons (Fsp3) is 0.438. The topological polar surface area (TPSA) is 39.1 Å². The lowest BCUT2D eigenvalue weighted by molar-refractivity contribution is 0.293. The highest BCUT2D eigenvalue weighted by Crippen LogP contribution is 2.23. The molecule has 0 fully saturated rings. The molecule has 1 heterocycles. The summed E-state index contributed by atoms with van der Waals surface area (Å²) in [4.78, 5) is 0. The molecule has 0 aliphatic rings. The number of ether oxygens (including phenoxy) is 1. The number of benzene rings is 1. The molecule has 0 spiro atoms. The van der Waals surface area contributed by atoms with E-state index in [1.54, 1.807) is 0 Å². The third-order valence-electron chi connectivity index (χ3n) is 3.51. The number of nitrogens with zero attached hydrogens (tertiary/aromatic N) is 2. The van der Waals surface area contributed by atoms with Crippen LogP contribution in [0, 0.1) is 6.92 Å². The average Bonchev–Trinajstić information content (AvgIpc) is 2.71. The van der Waals surface area contributed by atoms with Crippen molar-refractivity contribution in [3.63, 3.8) is 0 Å². The highest BCUT2D eigenvalue weighted by molar-refractivity contribution is 9.10. The first-order valence-corrected chi connectivity index (χ1v) is 7.96. The zero-order chi connectivity index (χ0) is 15.4. The summed E-state index contributed by atoms with van der Waals surface area (Å²) < 4.78 is 8.79. The van der Waals surface area contributed by atoms with E-state index in [4.69, 9.17) is 4.74 Å². The van der Waals surface area contributed by atoms with Crippen molar-refractivity contribution in [2.24, 2.45) is 7.05 Å². The van der Waals surface area contributed by atoms with Gasteiger partial charge in [-0.3, -0.25) is 4.68 Å². The normalized spacial score (nSPS) is 12.4. The molecular weight excluding hydrogens is 330 g/mol. The summed E-state index contributed by atoms with van der Waals surface area (Å²) in [5.41, 5.74) is 3.25. The Morgan fingerprint density at radius 1 is 1.43 bits per heavy atom. The maximum absolute atomic E-state index is 5.92. The minimum Gasteiger partial charge on any atom is -0.487 e. The van der Waals surface area contributed by atoms with Crippen LogP contribution in [0.2, 0.25) is 0 Å². The van der Waals surface area contributed by atoms with Crippen LogP contribution < -0.4 is 10.1 Å². The lowest BCUT2D eigenvalue weighted by Gasteiger charge is -2.14. The molecule has 0 saturated carbocycles. The molecule has 2 rings (SSSR count). The zero-order valence-corrected chi connectivity index (χ0v) is 14.6. The fourth-order valence-electron chi connectivity index (χ4n) is 2.29. The van der Waals surface area contributed by atoms with E-state index in [9.17, 15) is 0 Å². The van der Waals surface area contributed by atoms with Crippen molar-refractivity contribution in [1.82, 2.24) is 15.1 Å². The minimum absolute atomic E-state index is 0.323. The largest absolute Gasteiger partial charge is 0.487 e. The molecule has 1 aromatic carbocycles. The Hall–Kier alpha value is -1.33. The predicted octanol–water partition coefficient (Wildman–Crippen LogP) is 3.74. The van der Waals surface area contributed by atoms with E-state index in [1.807, 2.05) is 30.8 Å². The first-order valence-electron chi connectivity index (χ1n) is 7.17. The average molecular weight is 352 g/mol. The van der Waals surface area contributed by atoms with Crippen LogP contribution in [0.25, 0.3) is 0 Å². The van der Waals surface area contributed by atoms with Gasteiger partial charge in [0.2, 0.25) is 0 Å². The van der Waals surface area contributed by atoms with Crippen LogP contribution >= 0.6 is 15.9 Å². The van der Waals surface area contributed by atoms with Gasteiger partial charge < -0.3 is 10.1 Å². The molecule has 1 aromatic heterocycles. The van der Waals surface area contributed by atoms with Crippen LogP contribution in [0.1, 0.15) is 36.8 Å². The van der Waals surface area contributed by atoms with Crippen LogP contribution in [-0.2, 0) is 13.7 Å². The van der Waals surface area contributed by atoms with Crippen molar-refractivity contribution in [1.29, 1.82) is 0 Å². The van der Waals surface area contributed by atoms with Gasteiger partial charge in [0.1, 0.15) is 12.4 Å². The van der Waals surface area contributed by atoms with E-state index < -0.39 is 0 Å². The van der Waals surface area contributed by atoms with Gasteiger partial charge in [-0.1, -0.05) is 19.1 Å². The van der Waals surface area contributed by atoms with Crippen molar-refractivity contribution >= 4 is 15.9 Å². The smallest absolute Gasteiger partial charge is 0.131 e. The highest BCUT2D eigenvalue weighted by Gasteiger charge is 2.11. The van der Waals surface area contributed by atoms with E-state index in [1.165, 1.54) is 5.56 Å². The summed E-state index contributed by atoms with van der Waals surface area (Å²) >= 11 is 3.56. The van der Waals surface area contributed by atoms with Crippen molar-refractivity contribution in [3.05, 3.63) is 45.7 Å². The predicted molar refractivity (Wildman–Crippen MR) is 88.5 cm³/mol. The molecule has 5 heteroatoms. The molecule has 0 aliphatic heterocycles. The van der Waals surface area contributed by atoms with E-state index >= 15 is 0 Å². The maximum Gasteiger partial charge on any atom is 0.131 e. The molecule has 2 aromatic rings.